The van der Waals surface area contributed by atoms with Gasteiger partial charge in [0.15, 0.2) is 23.3 Å². The molecule has 0 aliphatic rings. The van der Waals surface area contributed by atoms with E-state index in [1.807, 2.05) is 0 Å². The Morgan fingerprint density at radius 3 is 2.78 bits per heavy atom. The number of hydrogen-bond donors (Lipinski definition) is 2. The molecule has 0 amide bonds. The SMILES string of the molecule is Fc1ccccc1Cn1nc(-c2ncc(F)c(NCc3nn[nH]n3)n2)cc1-c1ccon1. The van der Waals surface area contributed by atoms with Crippen molar-refractivity contribution in [2.24, 2.45) is 0 Å². The number of H-pyrrole nitrogens is 1. The number of hydrogen-bond acceptors (Lipinski definition) is 9. The molecule has 0 saturated heterocycles. The van der Waals surface area contributed by atoms with Crippen LogP contribution in [0.15, 0.2) is 53.4 Å². The molecule has 1 aromatic carbocycles. The van der Waals surface area contributed by atoms with E-state index in [9.17, 15) is 8.78 Å². The average Bonchev–Trinajstić information content (AvgIpc) is 3.57. The maximum Gasteiger partial charge on any atom is 0.193 e. The zero-order valence-electron chi connectivity index (χ0n) is 16.3. The molecule has 5 rings (SSSR count). The van der Waals surface area contributed by atoms with Crippen molar-refractivity contribution >= 4 is 5.82 Å². The highest BCUT2D eigenvalue weighted by Gasteiger charge is 2.18. The monoisotopic (exact) mass is 436 g/mol. The first-order valence-electron chi connectivity index (χ1n) is 9.38. The summed E-state index contributed by atoms with van der Waals surface area (Å²) in [5.41, 5.74) is 1.85. The van der Waals surface area contributed by atoms with Crippen molar-refractivity contribution in [2.45, 2.75) is 13.1 Å². The molecule has 0 aliphatic carbocycles. The quantitative estimate of drug-likeness (QED) is 0.394. The van der Waals surface area contributed by atoms with E-state index in [1.165, 1.54) is 12.3 Å². The van der Waals surface area contributed by atoms with Crippen LogP contribution in [0.5, 0.6) is 0 Å². The van der Waals surface area contributed by atoms with Gasteiger partial charge in [-0.05, 0) is 12.1 Å². The van der Waals surface area contributed by atoms with Crippen LogP contribution in [0.25, 0.3) is 22.9 Å². The number of halogens is 2. The fraction of sp³-hybridized carbons (Fsp3) is 0.105. The Hall–Kier alpha value is -4.55. The number of rotatable bonds is 7. The highest BCUT2D eigenvalue weighted by Crippen LogP contribution is 2.26. The lowest BCUT2D eigenvalue weighted by molar-refractivity contribution is 0.421. The molecule has 160 valence electrons. The summed E-state index contributed by atoms with van der Waals surface area (Å²) >= 11 is 0. The van der Waals surface area contributed by atoms with Gasteiger partial charge in [-0.15, -0.1) is 10.2 Å². The van der Waals surface area contributed by atoms with Crippen LogP contribution in [0, 0.1) is 11.6 Å². The predicted octanol–water partition coefficient (Wildman–Crippen LogP) is 2.45. The Kier molecular flexibility index (Phi) is 5.03. The van der Waals surface area contributed by atoms with Crippen molar-refractivity contribution in [3.05, 3.63) is 71.9 Å². The second-order valence-corrected chi connectivity index (χ2v) is 6.62. The molecule has 11 nitrogen and oxygen atoms in total. The maximum atomic E-state index is 14.2. The second kappa shape index (κ2) is 8.29. The number of nitrogens with zero attached hydrogens (tertiary/aromatic N) is 8. The molecule has 0 aliphatic heterocycles. The van der Waals surface area contributed by atoms with Crippen molar-refractivity contribution in [3.63, 3.8) is 0 Å². The lowest BCUT2D eigenvalue weighted by atomic mass is 10.2. The molecule has 0 unspecified atom stereocenters. The molecular formula is C19H14F2N10O. The predicted molar refractivity (Wildman–Crippen MR) is 106 cm³/mol. The normalized spacial score (nSPS) is 11.1. The van der Waals surface area contributed by atoms with Crippen LogP contribution in [-0.4, -0.2) is 45.5 Å². The van der Waals surface area contributed by atoms with Crippen LogP contribution in [0.3, 0.4) is 0 Å². The van der Waals surface area contributed by atoms with Gasteiger partial charge in [0.25, 0.3) is 0 Å². The van der Waals surface area contributed by atoms with Crippen molar-refractivity contribution in [2.75, 3.05) is 5.32 Å². The van der Waals surface area contributed by atoms with Crippen molar-refractivity contribution in [1.82, 2.24) is 45.5 Å². The zero-order chi connectivity index (χ0) is 21.9. The molecule has 0 saturated carbocycles. The fourth-order valence-electron chi connectivity index (χ4n) is 3.02. The highest BCUT2D eigenvalue weighted by molar-refractivity contribution is 5.63. The molecule has 0 spiro atoms. The molecule has 0 bridgehead atoms. The third-order valence-electron chi connectivity index (χ3n) is 4.53. The number of aromatic amines is 1. The molecule has 0 atom stereocenters. The van der Waals surface area contributed by atoms with Gasteiger partial charge in [-0.25, -0.2) is 18.7 Å². The zero-order valence-corrected chi connectivity index (χ0v) is 16.3. The summed E-state index contributed by atoms with van der Waals surface area (Å²) in [5.74, 6) is -0.557. The number of aromatic nitrogens is 9. The molecule has 0 radical (unpaired) electrons. The number of tetrazole rings is 1. The Balaban J connectivity index is 1.49. The van der Waals surface area contributed by atoms with Crippen LogP contribution in [-0.2, 0) is 13.1 Å². The van der Waals surface area contributed by atoms with E-state index in [1.54, 1.807) is 35.0 Å². The van der Waals surface area contributed by atoms with Gasteiger partial charge in [-0.2, -0.15) is 10.3 Å². The van der Waals surface area contributed by atoms with Gasteiger partial charge >= 0.3 is 0 Å². The van der Waals surface area contributed by atoms with Gasteiger partial charge in [-0.1, -0.05) is 28.6 Å². The summed E-state index contributed by atoms with van der Waals surface area (Å²) in [7, 11) is 0. The number of anilines is 1. The Labute approximate surface area is 178 Å². The maximum absolute atomic E-state index is 14.2. The van der Waals surface area contributed by atoms with Crippen LogP contribution < -0.4 is 5.32 Å². The first kappa shape index (κ1) is 19.4. The third kappa shape index (κ3) is 3.90. The van der Waals surface area contributed by atoms with Crippen LogP contribution in [0.4, 0.5) is 14.6 Å². The summed E-state index contributed by atoms with van der Waals surface area (Å²) in [4.78, 5) is 8.27. The molecule has 0 fully saturated rings. The second-order valence-electron chi connectivity index (χ2n) is 6.62. The molecular weight excluding hydrogens is 422 g/mol. The van der Waals surface area contributed by atoms with Crippen molar-refractivity contribution < 1.29 is 13.3 Å². The van der Waals surface area contributed by atoms with Gasteiger partial charge < -0.3 is 9.84 Å². The summed E-state index contributed by atoms with van der Waals surface area (Å²) in [6.07, 6.45) is 2.45. The Bertz CT molecular complexity index is 1330. The van der Waals surface area contributed by atoms with Crippen molar-refractivity contribution in [1.29, 1.82) is 0 Å². The third-order valence-corrected chi connectivity index (χ3v) is 4.53. The summed E-state index contributed by atoms with van der Waals surface area (Å²) in [6.45, 7) is 0.245. The van der Waals surface area contributed by atoms with E-state index in [2.05, 4.69) is 46.2 Å². The Morgan fingerprint density at radius 2 is 2.00 bits per heavy atom. The van der Waals surface area contributed by atoms with Gasteiger partial charge in [0.05, 0.1) is 25.0 Å². The first-order valence-corrected chi connectivity index (χ1v) is 9.38. The summed E-state index contributed by atoms with van der Waals surface area (Å²) in [5, 5.41) is 24.6. The number of benzene rings is 1. The average molecular weight is 436 g/mol. The summed E-state index contributed by atoms with van der Waals surface area (Å²) in [6, 6.07) is 9.72. The minimum Gasteiger partial charge on any atom is -0.364 e. The van der Waals surface area contributed by atoms with Crippen LogP contribution in [0.1, 0.15) is 11.4 Å². The molecule has 2 N–H and O–H groups in total. The Morgan fingerprint density at radius 1 is 1.09 bits per heavy atom. The highest BCUT2D eigenvalue weighted by atomic mass is 19.1. The number of nitrogens with one attached hydrogen (secondary N) is 2. The smallest absolute Gasteiger partial charge is 0.193 e. The van der Waals surface area contributed by atoms with Gasteiger partial charge in [0, 0.05) is 11.6 Å². The van der Waals surface area contributed by atoms with E-state index in [0.29, 0.717) is 28.5 Å². The first-order chi connectivity index (χ1) is 15.7. The van der Waals surface area contributed by atoms with E-state index in [-0.39, 0.29) is 30.5 Å². The van der Waals surface area contributed by atoms with E-state index >= 15 is 0 Å². The van der Waals surface area contributed by atoms with Gasteiger partial charge in [-0.3, -0.25) is 4.68 Å². The van der Waals surface area contributed by atoms with E-state index in [4.69, 9.17) is 4.52 Å². The van der Waals surface area contributed by atoms with Gasteiger partial charge in [0.2, 0.25) is 0 Å². The lowest BCUT2D eigenvalue weighted by Crippen LogP contribution is -2.08. The molecule has 4 heterocycles. The minimum atomic E-state index is -0.653. The van der Waals surface area contributed by atoms with Gasteiger partial charge in [0.1, 0.15) is 23.5 Å². The molecule has 32 heavy (non-hydrogen) atoms. The van der Waals surface area contributed by atoms with Crippen LogP contribution in [0.2, 0.25) is 0 Å². The standard InChI is InChI=1S/C19H14F2N10O/c20-12-4-2-1-3-11(12)10-31-16(14-5-6-32-28-14)7-15(27-31)19-22-8-13(21)18(24-19)23-9-17-25-29-30-26-17/h1-8H,9-10H2,(H,22,23,24)(H,25,26,29,30). The van der Waals surface area contributed by atoms with E-state index in [0.717, 1.165) is 6.20 Å². The lowest BCUT2D eigenvalue weighted by Gasteiger charge is -2.07. The molecule has 4 aromatic heterocycles. The minimum absolute atomic E-state index is 0.0496. The fourth-order valence-corrected chi connectivity index (χ4v) is 3.02. The molecule has 13 heteroatoms. The van der Waals surface area contributed by atoms with Crippen molar-refractivity contribution in [3.8, 4) is 22.9 Å². The van der Waals surface area contributed by atoms with E-state index < -0.39 is 5.82 Å². The topological polar surface area (TPSA) is 136 Å². The summed E-state index contributed by atoms with van der Waals surface area (Å²) < 4.78 is 34.9. The molecule has 5 aromatic rings. The largest absolute Gasteiger partial charge is 0.364 e. The van der Waals surface area contributed by atoms with Crippen LogP contribution >= 0.6 is 0 Å².